The van der Waals surface area contributed by atoms with Gasteiger partial charge in [-0.3, -0.25) is 4.79 Å². The van der Waals surface area contributed by atoms with Gasteiger partial charge in [0.05, 0.1) is 18.0 Å². The Balaban J connectivity index is 2.82. The zero-order chi connectivity index (χ0) is 13.4. The summed E-state index contributed by atoms with van der Waals surface area (Å²) in [6, 6.07) is 3.81. The Bertz CT molecular complexity index is 631. The predicted octanol–water partition coefficient (Wildman–Crippen LogP) is 2.88. The van der Waals surface area contributed by atoms with Crippen molar-refractivity contribution in [3.8, 4) is 5.75 Å². The highest BCUT2D eigenvalue weighted by atomic mass is 79.9. The average molecular weight is 312 g/mol. The molecule has 4 nitrogen and oxygen atoms in total. The normalized spacial score (nSPS) is 10.9. The monoisotopic (exact) mass is 311 g/mol. The number of fused-ring (bicyclic) bond motifs is 1. The van der Waals surface area contributed by atoms with E-state index in [1.807, 2.05) is 30.7 Å². The molecule has 0 fully saturated rings. The van der Waals surface area contributed by atoms with Crippen molar-refractivity contribution >= 4 is 32.8 Å². The molecule has 0 saturated carbocycles. The Kier molecular flexibility index (Phi) is 3.34. The number of aryl methyl sites for hydroxylation is 1. The van der Waals surface area contributed by atoms with Crippen LogP contribution in [0.4, 0.5) is 0 Å². The fourth-order valence-electron chi connectivity index (χ4n) is 2.20. The van der Waals surface area contributed by atoms with Gasteiger partial charge in [0.25, 0.3) is 0 Å². The molecular weight excluding hydrogens is 298 g/mol. The molecule has 96 valence electrons. The summed E-state index contributed by atoms with van der Waals surface area (Å²) in [5.74, 6) is -0.125. The van der Waals surface area contributed by atoms with Crippen LogP contribution < -0.4 is 4.74 Å². The number of benzene rings is 1. The van der Waals surface area contributed by atoms with E-state index >= 15 is 0 Å². The van der Waals surface area contributed by atoms with Gasteiger partial charge in [0, 0.05) is 23.6 Å². The SMILES string of the molecule is COc1ccc2c(c1Br)c(CC(=O)O)c(C)n2C. The van der Waals surface area contributed by atoms with Crippen LogP contribution in [0.1, 0.15) is 11.3 Å². The number of carbonyl (C=O) groups is 1. The van der Waals surface area contributed by atoms with E-state index in [1.54, 1.807) is 7.11 Å². The molecule has 0 amide bonds. The Morgan fingerprint density at radius 1 is 1.50 bits per heavy atom. The van der Waals surface area contributed by atoms with E-state index in [0.29, 0.717) is 5.75 Å². The zero-order valence-electron chi connectivity index (χ0n) is 10.5. The number of aromatic nitrogens is 1. The molecule has 2 aromatic rings. The van der Waals surface area contributed by atoms with Crippen molar-refractivity contribution < 1.29 is 14.6 Å². The molecule has 1 N–H and O–H groups in total. The smallest absolute Gasteiger partial charge is 0.307 e. The highest BCUT2D eigenvalue weighted by Gasteiger charge is 2.18. The maximum atomic E-state index is 11.0. The van der Waals surface area contributed by atoms with Gasteiger partial charge in [-0.2, -0.15) is 0 Å². The molecule has 1 heterocycles. The van der Waals surface area contributed by atoms with E-state index in [4.69, 9.17) is 9.84 Å². The minimum Gasteiger partial charge on any atom is -0.496 e. The molecule has 0 unspecified atom stereocenters. The Hall–Kier alpha value is -1.49. The molecule has 0 atom stereocenters. The van der Waals surface area contributed by atoms with E-state index in [1.165, 1.54) is 0 Å². The van der Waals surface area contributed by atoms with Gasteiger partial charge in [-0.1, -0.05) is 0 Å². The second-order valence-electron chi connectivity index (χ2n) is 4.17. The number of rotatable bonds is 3. The number of hydrogen-bond acceptors (Lipinski definition) is 2. The first-order chi connectivity index (χ1) is 8.47. The third-order valence-corrected chi connectivity index (χ3v) is 4.02. The molecule has 0 saturated heterocycles. The van der Waals surface area contributed by atoms with Crippen LogP contribution in [0.5, 0.6) is 5.75 Å². The van der Waals surface area contributed by atoms with Gasteiger partial charge in [0.1, 0.15) is 5.75 Å². The highest BCUT2D eigenvalue weighted by Crippen LogP contribution is 2.37. The number of methoxy groups -OCH3 is 1. The highest BCUT2D eigenvalue weighted by molar-refractivity contribution is 9.10. The summed E-state index contributed by atoms with van der Waals surface area (Å²) in [5, 5.41) is 9.94. The van der Waals surface area contributed by atoms with Crippen LogP contribution in [0.3, 0.4) is 0 Å². The van der Waals surface area contributed by atoms with Gasteiger partial charge < -0.3 is 14.4 Å². The number of nitrogens with zero attached hydrogens (tertiary/aromatic N) is 1. The summed E-state index contributed by atoms with van der Waals surface area (Å²) in [6.45, 7) is 1.93. The van der Waals surface area contributed by atoms with Gasteiger partial charge in [-0.15, -0.1) is 0 Å². The van der Waals surface area contributed by atoms with Crippen molar-refractivity contribution in [3.63, 3.8) is 0 Å². The summed E-state index contributed by atoms with van der Waals surface area (Å²) >= 11 is 3.50. The third kappa shape index (κ3) is 1.88. The minimum absolute atomic E-state index is 0.00887. The molecule has 0 radical (unpaired) electrons. The molecule has 0 aliphatic rings. The molecule has 0 aliphatic carbocycles. The molecule has 0 aliphatic heterocycles. The fourth-order valence-corrected chi connectivity index (χ4v) is 2.94. The molecule has 1 aromatic heterocycles. The van der Waals surface area contributed by atoms with Crippen LogP contribution in [0.15, 0.2) is 16.6 Å². The van der Waals surface area contributed by atoms with Crippen LogP contribution in [0.2, 0.25) is 0 Å². The molecule has 1 aromatic carbocycles. The van der Waals surface area contributed by atoms with Crippen LogP contribution in [0, 0.1) is 6.92 Å². The zero-order valence-corrected chi connectivity index (χ0v) is 12.0. The first-order valence-electron chi connectivity index (χ1n) is 5.49. The topological polar surface area (TPSA) is 51.5 Å². The predicted molar refractivity (Wildman–Crippen MR) is 73.2 cm³/mol. The van der Waals surface area contributed by atoms with Gasteiger partial charge >= 0.3 is 5.97 Å². The van der Waals surface area contributed by atoms with Crippen molar-refractivity contribution in [1.29, 1.82) is 0 Å². The Morgan fingerprint density at radius 3 is 2.72 bits per heavy atom. The van der Waals surface area contributed by atoms with Gasteiger partial charge in [-0.25, -0.2) is 0 Å². The lowest BCUT2D eigenvalue weighted by Crippen LogP contribution is -2.02. The minimum atomic E-state index is -0.833. The number of carboxylic acid groups (broad SMARTS) is 1. The van der Waals surface area contributed by atoms with Crippen LogP contribution in [-0.4, -0.2) is 22.8 Å². The third-order valence-electron chi connectivity index (χ3n) is 3.24. The van der Waals surface area contributed by atoms with Crippen molar-refractivity contribution in [1.82, 2.24) is 4.57 Å². The Labute approximate surface area is 113 Å². The largest absolute Gasteiger partial charge is 0.496 e. The average Bonchev–Trinajstić information content (AvgIpc) is 2.55. The van der Waals surface area contributed by atoms with Crippen LogP contribution in [0.25, 0.3) is 10.9 Å². The Morgan fingerprint density at radius 2 is 2.17 bits per heavy atom. The molecule has 5 heteroatoms. The molecule has 18 heavy (non-hydrogen) atoms. The number of ether oxygens (including phenoxy) is 1. The molecule has 0 bridgehead atoms. The lowest BCUT2D eigenvalue weighted by atomic mass is 10.1. The lowest BCUT2D eigenvalue weighted by Gasteiger charge is -2.05. The van der Waals surface area contributed by atoms with Gasteiger partial charge in [-0.05, 0) is 40.5 Å². The van der Waals surface area contributed by atoms with E-state index < -0.39 is 5.97 Å². The molecular formula is C13H14BrNO3. The number of aliphatic carboxylic acids is 1. The van der Waals surface area contributed by atoms with Crippen molar-refractivity contribution in [2.24, 2.45) is 7.05 Å². The summed E-state index contributed by atoms with van der Waals surface area (Å²) in [7, 11) is 3.53. The molecule has 0 spiro atoms. The van der Waals surface area contributed by atoms with Crippen molar-refractivity contribution in [2.75, 3.05) is 7.11 Å². The van der Waals surface area contributed by atoms with E-state index in [9.17, 15) is 4.79 Å². The van der Waals surface area contributed by atoms with E-state index in [0.717, 1.165) is 26.6 Å². The standard InChI is InChI=1S/C13H14BrNO3/c1-7-8(6-11(16)17)12-9(15(7)2)4-5-10(18-3)13(12)14/h4-5H,6H2,1-3H3,(H,16,17). The lowest BCUT2D eigenvalue weighted by molar-refractivity contribution is -0.136. The fraction of sp³-hybridized carbons (Fsp3) is 0.308. The van der Waals surface area contributed by atoms with E-state index in [2.05, 4.69) is 15.9 Å². The van der Waals surface area contributed by atoms with Gasteiger partial charge in [0.15, 0.2) is 0 Å². The summed E-state index contributed by atoms with van der Waals surface area (Å²) in [4.78, 5) is 11.0. The summed E-state index contributed by atoms with van der Waals surface area (Å²) in [5.41, 5.74) is 2.78. The van der Waals surface area contributed by atoms with E-state index in [-0.39, 0.29) is 6.42 Å². The number of halogens is 1. The summed E-state index contributed by atoms with van der Waals surface area (Å²) < 4.78 is 8.06. The van der Waals surface area contributed by atoms with Crippen molar-refractivity contribution in [3.05, 3.63) is 27.9 Å². The number of hydrogen-bond donors (Lipinski definition) is 1. The van der Waals surface area contributed by atoms with Crippen LogP contribution >= 0.6 is 15.9 Å². The molecule has 2 rings (SSSR count). The first kappa shape index (κ1) is 13.0. The maximum Gasteiger partial charge on any atom is 0.307 e. The first-order valence-corrected chi connectivity index (χ1v) is 6.28. The van der Waals surface area contributed by atoms with Gasteiger partial charge in [0.2, 0.25) is 0 Å². The van der Waals surface area contributed by atoms with Crippen LogP contribution in [-0.2, 0) is 18.3 Å². The summed E-state index contributed by atoms with van der Waals surface area (Å²) in [6.07, 6.45) is 0.00887. The maximum absolute atomic E-state index is 11.0. The van der Waals surface area contributed by atoms with Crippen molar-refractivity contribution in [2.45, 2.75) is 13.3 Å². The second kappa shape index (κ2) is 4.65. The quantitative estimate of drug-likeness (QED) is 0.948. The second-order valence-corrected chi connectivity index (χ2v) is 4.96. The number of carboxylic acids is 1.